The second-order valence-corrected chi connectivity index (χ2v) is 7.52. The number of aromatic nitrogens is 2. The molecule has 0 radical (unpaired) electrons. The van der Waals surface area contributed by atoms with Crippen molar-refractivity contribution in [1.82, 2.24) is 9.97 Å². The predicted octanol–water partition coefficient (Wildman–Crippen LogP) is 4.59. The Morgan fingerprint density at radius 2 is 1.58 bits per heavy atom. The van der Waals surface area contributed by atoms with E-state index in [1.807, 2.05) is 36.4 Å². The average molecular weight is 329 g/mol. The average Bonchev–Trinajstić information content (AvgIpc) is 2.48. The standard InChI is InChI=1S/C12H12N2OS4/c1-3-7-13-11(5-1)17-16-10-9-15-19-18-12-6-2-4-8-14-12/h1-8H,9-10H2. The fraction of sp³-hybridized carbons (Fsp3) is 0.167. The number of nitrogens with zero attached hydrogens (tertiary/aromatic N) is 2. The van der Waals surface area contributed by atoms with Gasteiger partial charge in [-0.1, -0.05) is 22.9 Å². The Balaban J connectivity index is 1.49. The molecule has 2 aromatic rings. The van der Waals surface area contributed by atoms with E-state index in [1.54, 1.807) is 34.0 Å². The Kier molecular flexibility index (Phi) is 7.56. The lowest BCUT2D eigenvalue weighted by atomic mass is 10.5. The zero-order valence-electron chi connectivity index (χ0n) is 9.97. The molecule has 0 N–H and O–H groups in total. The molecule has 0 bridgehead atoms. The van der Waals surface area contributed by atoms with Gasteiger partial charge >= 0.3 is 0 Å². The SMILES string of the molecule is c1ccc(SSCCOSSc2ccccn2)nc1. The van der Waals surface area contributed by atoms with Crippen molar-refractivity contribution in [3.05, 3.63) is 48.8 Å². The van der Waals surface area contributed by atoms with Gasteiger partial charge in [-0.3, -0.25) is 0 Å². The van der Waals surface area contributed by atoms with E-state index in [-0.39, 0.29) is 0 Å². The van der Waals surface area contributed by atoms with Crippen LogP contribution in [0.3, 0.4) is 0 Å². The smallest absolute Gasteiger partial charge is 0.109 e. The Morgan fingerprint density at radius 3 is 2.21 bits per heavy atom. The fourth-order valence-electron chi connectivity index (χ4n) is 1.06. The summed E-state index contributed by atoms with van der Waals surface area (Å²) in [6.07, 6.45) is 3.58. The van der Waals surface area contributed by atoms with Crippen LogP contribution in [0.1, 0.15) is 0 Å². The van der Waals surface area contributed by atoms with E-state index in [0.29, 0.717) is 6.61 Å². The van der Waals surface area contributed by atoms with Crippen molar-refractivity contribution in [2.45, 2.75) is 10.1 Å². The minimum atomic E-state index is 0.703. The molecular formula is C12H12N2OS4. The topological polar surface area (TPSA) is 35.0 Å². The zero-order chi connectivity index (χ0) is 13.2. The van der Waals surface area contributed by atoms with Crippen LogP contribution in [0, 0.1) is 0 Å². The molecule has 0 saturated heterocycles. The molecule has 0 unspecified atom stereocenters. The molecule has 2 aromatic heterocycles. The molecule has 0 amide bonds. The van der Waals surface area contributed by atoms with Gasteiger partial charge < -0.3 is 4.18 Å². The van der Waals surface area contributed by atoms with E-state index >= 15 is 0 Å². The van der Waals surface area contributed by atoms with Crippen molar-refractivity contribution in [3.8, 4) is 0 Å². The predicted molar refractivity (Wildman–Crippen MR) is 86.2 cm³/mol. The maximum absolute atomic E-state index is 5.46. The third-order valence-corrected chi connectivity index (χ3v) is 5.81. The van der Waals surface area contributed by atoms with Crippen LogP contribution in [0.5, 0.6) is 0 Å². The maximum Gasteiger partial charge on any atom is 0.109 e. The van der Waals surface area contributed by atoms with Gasteiger partial charge in [0.15, 0.2) is 0 Å². The summed E-state index contributed by atoms with van der Waals surface area (Å²) < 4.78 is 5.46. The molecular weight excluding hydrogens is 316 g/mol. The molecule has 100 valence electrons. The van der Waals surface area contributed by atoms with Gasteiger partial charge in [0.1, 0.15) is 10.1 Å². The fourth-order valence-corrected chi connectivity index (χ4v) is 4.23. The molecule has 19 heavy (non-hydrogen) atoms. The van der Waals surface area contributed by atoms with E-state index in [9.17, 15) is 0 Å². The molecule has 0 aromatic carbocycles. The van der Waals surface area contributed by atoms with Crippen LogP contribution in [-0.2, 0) is 4.18 Å². The van der Waals surface area contributed by atoms with Gasteiger partial charge in [0.25, 0.3) is 0 Å². The van der Waals surface area contributed by atoms with Crippen molar-refractivity contribution in [3.63, 3.8) is 0 Å². The highest BCUT2D eigenvalue weighted by molar-refractivity contribution is 8.76. The van der Waals surface area contributed by atoms with Gasteiger partial charge in [-0.05, 0) is 45.9 Å². The number of hydrogen-bond acceptors (Lipinski definition) is 7. The zero-order valence-corrected chi connectivity index (χ0v) is 13.2. The van der Waals surface area contributed by atoms with Gasteiger partial charge in [-0.25, -0.2) is 9.97 Å². The largest absolute Gasteiger partial charge is 0.304 e. The van der Waals surface area contributed by atoms with Crippen molar-refractivity contribution in [2.24, 2.45) is 0 Å². The molecule has 2 heterocycles. The van der Waals surface area contributed by atoms with Crippen molar-refractivity contribution in [1.29, 1.82) is 0 Å². The lowest BCUT2D eigenvalue weighted by Crippen LogP contribution is -1.87. The van der Waals surface area contributed by atoms with Gasteiger partial charge in [0.2, 0.25) is 0 Å². The summed E-state index contributed by atoms with van der Waals surface area (Å²) in [5.74, 6) is 0.928. The monoisotopic (exact) mass is 328 g/mol. The van der Waals surface area contributed by atoms with E-state index in [4.69, 9.17) is 4.18 Å². The first-order chi connectivity index (χ1) is 9.45. The van der Waals surface area contributed by atoms with Gasteiger partial charge in [0, 0.05) is 18.1 Å². The molecule has 0 aliphatic carbocycles. The second kappa shape index (κ2) is 9.55. The van der Waals surface area contributed by atoms with Crippen LogP contribution in [-0.4, -0.2) is 22.3 Å². The minimum absolute atomic E-state index is 0.703. The quantitative estimate of drug-likeness (QED) is 0.398. The Labute approximate surface area is 128 Å². The van der Waals surface area contributed by atoms with Crippen LogP contribution in [0.4, 0.5) is 0 Å². The molecule has 7 heteroatoms. The molecule has 0 saturated carbocycles. The van der Waals surface area contributed by atoms with Gasteiger partial charge in [0.05, 0.1) is 17.7 Å². The summed E-state index contributed by atoms with van der Waals surface area (Å²) in [7, 11) is 4.95. The first-order valence-corrected chi connectivity index (χ1v) is 9.92. The van der Waals surface area contributed by atoms with Crippen LogP contribution in [0.15, 0.2) is 58.8 Å². The van der Waals surface area contributed by atoms with Gasteiger partial charge in [-0.15, -0.1) is 0 Å². The highest BCUT2D eigenvalue weighted by atomic mass is 33.1. The summed E-state index contributed by atoms with van der Waals surface area (Å²) in [6, 6.07) is 11.8. The summed E-state index contributed by atoms with van der Waals surface area (Å²) in [6.45, 7) is 0.703. The Hall–Kier alpha value is -0.340. The van der Waals surface area contributed by atoms with Gasteiger partial charge in [-0.2, -0.15) is 0 Å². The van der Waals surface area contributed by atoms with E-state index in [0.717, 1.165) is 15.8 Å². The van der Waals surface area contributed by atoms with Crippen LogP contribution < -0.4 is 0 Å². The minimum Gasteiger partial charge on any atom is -0.304 e. The third-order valence-electron chi connectivity index (χ3n) is 1.84. The lowest BCUT2D eigenvalue weighted by Gasteiger charge is -2.01. The lowest BCUT2D eigenvalue weighted by molar-refractivity contribution is 0.413. The maximum atomic E-state index is 5.46. The summed E-state index contributed by atoms with van der Waals surface area (Å²) in [5, 5.41) is 1.99. The number of hydrogen-bond donors (Lipinski definition) is 0. The van der Waals surface area contributed by atoms with E-state index in [1.165, 1.54) is 21.9 Å². The normalized spacial score (nSPS) is 10.5. The third kappa shape index (κ3) is 6.58. The second-order valence-electron chi connectivity index (χ2n) is 3.21. The van der Waals surface area contributed by atoms with Crippen LogP contribution in [0.2, 0.25) is 0 Å². The first-order valence-electron chi connectivity index (χ1n) is 5.53. The van der Waals surface area contributed by atoms with Crippen molar-refractivity contribution in [2.75, 3.05) is 12.4 Å². The molecule has 0 aliphatic rings. The molecule has 3 nitrogen and oxygen atoms in total. The summed E-state index contributed by atoms with van der Waals surface area (Å²) >= 11 is 1.37. The van der Waals surface area contributed by atoms with Crippen molar-refractivity contribution >= 4 is 43.5 Å². The van der Waals surface area contributed by atoms with Crippen LogP contribution in [0.25, 0.3) is 0 Å². The molecule has 0 atom stereocenters. The Bertz CT molecular complexity index is 414. The van der Waals surface area contributed by atoms with E-state index in [2.05, 4.69) is 9.97 Å². The van der Waals surface area contributed by atoms with E-state index < -0.39 is 0 Å². The number of rotatable bonds is 8. The molecule has 0 spiro atoms. The molecule has 2 rings (SSSR count). The highest BCUT2D eigenvalue weighted by Crippen LogP contribution is 2.32. The number of pyridine rings is 2. The summed E-state index contributed by atoms with van der Waals surface area (Å²) in [4.78, 5) is 8.43. The van der Waals surface area contributed by atoms with Crippen LogP contribution >= 0.6 is 43.5 Å². The summed E-state index contributed by atoms with van der Waals surface area (Å²) in [5.41, 5.74) is 0. The highest BCUT2D eigenvalue weighted by Gasteiger charge is 1.98. The first kappa shape index (κ1) is 15.1. The molecule has 0 aliphatic heterocycles. The Morgan fingerprint density at radius 1 is 0.895 bits per heavy atom. The van der Waals surface area contributed by atoms with Crippen molar-refractivity contribution < 1.29 is 4.18 Å². The molecule has 0 fully saturated rings.